The number of anilines is 1. The molecule has 0 radical (unpaired) electrons. The zero-order valence-electron chi connectivity index (χ0n) is 15.4. The Morgan fingerprint density at radius 3 is 2.85 bits per heavy atom. The van der Waals surface area contributed by atoms with E-state index in [1.165, 1.54) is 11.3 Å². The number of hydrogen-bond donors (Lipinski definition) is 1. The molecule has 2 aromatic carbocycles. The van der Waals surface area contributed by atoms with Crippen LogP contribution in [0.1, 0.15) is 30.1 Å². The van der Waals surface area contributed by atoms with Crippen molar-refractivity contribution in [3.63, 3.8) is 0 Å². The predicted octanol–water partition coefficient (Wildman–Crippen LogP) is 5.25. The third-order valence-corrected chi connectivity index (χ3v) is 4.73. The second-order valence-corrected chi connectivity index (χ2v) is 6.78. The van der Waals surface area contributed by atoms with Crippen molar-refractivity contribution >= 4 is 22.4 Å². The van der Waals surface area contributed by atoms with Gasteiger partial charge in [0.25, 0.3) is 5.91 Å². The number of nitrogens with zero attached hydrogens (tertiary/aromatic N) is 1. The fraction of sp³-hybridized carbons (Fsp3) is 0.238. The van der Waals surface area contributed by atoms with E-state index < -0.39 is 0 Å². The Bertz CT molecular complexity index is 908. The molecule has 0 fully saturated rings. The van der Waals surface area contributed by atoms with Gasteiger partial charge in [0.1, 0.15) is 11.5 Å². The summed E-state index contributed by atoms with van der Waals surface area (Å²) in [7, 11) is 1.63. The molecule has 6 heteroatoms. The molecule has 0 spiro atoms. The number of aromatic nitrogens is 1. The highest BCUT2D eigenvalue weighted by Crippen LogP contribution is 2.32. The van der Waals surface area contributed by atoms with Gasteiger partial charge in [-0.2, -0.15) is 0 Å². The first-order chi connectivity index (χ1) is 13.2. The molecule has 0 saturated heterocycles. The summed E-state index contributed by atoms with van der Waals surface area (Å²) in [6.07, 6.45) is 2.06. The molecule has 1 amide bonds. The summed E-state index contributed by atoms with van der Waals surface area (Å²) in [6, 6.07) is 14.9. The van der Waals surface area contributed by atoms with Crippen LogP contribution in [0.2, 0.25) is 0 Å². The van der Waals surface area contributed by atoms with Crippen molar-refractivity contribution in [2.24, 2.45) is 0 Å². The lowest BCUT2D eigenvalue weighted by molar-refractivity contribution is 0.102. The predicted molar refractivity (Wildman–Crippen MR) is 109 cm³/mol. The van der Waals surface area contributed by atoms with Crippen molar-refractivity contribution in [1.82, 2.24) is 4.98 Å². The molecule has 1 aromatic heterocycles. The van der Waals surface area contributed by atoms with Crippen LogP contribution in [0.5, 0.6) is 11.5 Å². The van der Waals surface area contributed by atoms with E-state index >= 15 is 0 Å². The lowest BCUT2D eigenvalue weighted by Crippen LogP contribution is -2.11. The first-order valence-electron chi connectivity index (χ1n) is 8.84. The Morgan fingerprint density at radius 1 is 1.19 bits per heavy atom. The number of ether oxygens (including phenoxy) is 2. The standard InChI is InChI=1S/C21H22N2O3S/c1-3-4-12-26-16-9-7-8-15(13-16)20(24)23-21-22-18(14-27-21)17-10-5-6-11-19(17)25-2/h5-11,13-14H,3-4,12H2,1-2H3,(H,22,23,24). The Kier molecular flexibility index (Phi) is 6.44. The van der Waals surface area contributed by atoms with E-state index in [-0.39, 0.29) is 5.91 Å². The molecule has 27 heavy (non-hydrogen) atoms. The van der Waals surface area contributed by atoms with Gasteiger partial charge >= 0.3 is 0 Å². The second-order valence-electron chi connectivity index (χ2n) is 5.92. The molecule has 3 rings (SSSR count). The third kappa shape index (κ3) is 4.86. The van der Waals surface area contributed by atoms with E-state index in [1.807, 2.05) is 41.8 Å². The summed E-state index contributed by atoms with van der Waals surface area (Å²) in [4.78, 5) is 17.1. The summed E-state index contributed by atoms with van der Waals surface area (Å²) in [6.45, 7) is 2.76. The normalized spacial score (nSPS) is 10.4. The van der Waals surface area contributed by atoms with Crippen molar-refractivity contribution in [2.45, 2.75) is 19.8 Å². The largest absolute Gasteiger partial charge is 0.496 e. The van der Waals surface area contributed by atoms with E-state index in [0.29, 0.717) is 23.1 Å². The zero-order valence-corrected chi connectivity index (χ0v) is 16.2. The fourth-order valence-corrected chi connectivity index (χ4v) is 3.25. The number of hydrogen-bond acceptors (Lipinski definition) is 5. The molecule has 3 aromatic rings. The molecule has 0 atom stereocenters. The third-order valence-electron chi connectivity index (χ3n) is 3.97. The molecule has 140 valence electrons. The average molecular weight is 382 g/mol. The Hall–Kier alpha value is -2.86. The van der Waals surface area contributed by atoms with E-state index in [1.54, 1.807) is 19.2 Å². The lowest BCUT2D eigenvalue weighted by Gasteiger charge is -2.07. The van der Waals surface area contributed by atoms with Crippen molar-refractivity contribution in [3.8, 4) is 22.8 Å². The molecule has 1 N–H and O–H groups in total. The minimum Gasteiger partial charge on any atom is -0.496 e. The lowest BCUT2D eigenvalue weighted by atomic mass is 10.1. The summed E-state index contributed by atoms with van der Waals surface area (Å²) in [5.41, 5.74) is 2.20. The van der Waals surface area contributed by atoms with Gasteiger partial charge in [0.2, 0.25) is 0 Å². The number of rotatable bonds is 8. The maximum absolute atomic E-state index is 12.5. The van der Waals surface area contributed by atoms with Gasteiger partial charge in [-0.1, -0.05) is 31.5 Å². The Balaban J connectivity index is 1.70. The van der Waals surface area contributed by atoms with Gasteiger partial charge in [0, 0.05) is 16.5 Å². The highest BCUT2D eigenvalue weighted by atomic mass is 32.1. The molecule has 0 saturated carbocycles. The first-order valence-corrected chi connectivity index (χ1v) is 9.72. The van der Waals surface area contributed by atoms with Crippen molar-refractivity contribution < 1.29 is 14.3 Å². The highest BCUT2D eigenvalue weighted by molar-refractivity contribution is 7.14. The van der Waals surface area contributed by atoms with Crippen molar-refractivity contribution in [2.75, 3.05) is 19.0 Å². The van der Waals surface area contributed by atoms with Crippen molar-refractivity contribution in [1.29, 1.82) is 0 Å². The SMILES string of the molecule is CCCCOc1cccc(C(=O)Nc2nc(-c3ccccc3OC)cs2)c1. The average Bonchev–Trinajstić information content (AvgIpc) is 3.16. The first kappa shape index (κ1) is 18.9. The number of benzene rings is 2. The molecule has 0 aliphatic rings. The van der Waals surface area contributed by atoms with Crippen LogP contribution < -0.4 is 14.8 Å². The molecule has 0 unspecified atom stereocenters. The van der Waals surface area contributed by atoms with Crippen LogP contribution in [-0.4, -0.2) is 24.6 Å². The molecular weight excluding hydrogens is 360 g/mol. The number of thiazole rings is 1. The molecule has 0 aliphatic heterocycles. The van der Waals surface area contributed by atoms with Crippen LogP contribution in [0.4, 0.5) is 5.13 Å². The van der Waals surface area contributed by atoms with Gasteiger partial charge < -0.3 is 9.47 Å². The molecular formula is C21H22N2O3S. The number of carbonyl (C=O) groups is 1. The van der Waals surface area contributed by atoms with Gasteiger partial charge in [-0.3, -0.25) is 10.1 Å². The number of methoxy groups -OCH3 is 1. The zero-order chi connectivity index (χ0) is 19.1. The summed E-state index contributed by atoms with van der Waals surface area (Å²) in [5.74, 6) is 1.24. The van der Waals surface area contributed by atoms with Crippen LogP contribution in [0.3, 0.4) is 0 Å². The molecule has 0 aliphatic carbocycles. The summed E-state index contributed by atoms with van der Waals surface area (Å²) >= 11 is 1.38. The monoisotopic (exact) mass is 382 g/mol. The minimum atomic E-state index is -0.211. The maximum atomic E-state index is 12.5. The van der Waals surface area contributed by atoms with Gasteiger partial charge in [-0.25, -0.2) is 4.98 Å². The van der Waals surface area contributed by atoms with Crippen LogP contribution in [0.15, 0.2) is 53.9 Å². The number of para-hydroxylation sites is 1. The smallest absolute Gasteiger partial charge is 0.257 e. The molecule has 0 bridgehead atoms. The van der Waals surface area contributed by atoms with Gasteiger partial charge in [-0.15, -0.1) is 11.3 Å². The van der Waals surface area contributed by atoms with Crippen LogP contribution in [0.25, 0.3) is 11.3 Å². The number of nitrogens with one attached hydrogen (secondary N) is 1. The topological polar surface area (TPSA) is 60.5 Å². The van der Waals surface area contributed by atoms with Gasteiger partial charge in [0.05, 0.1) is 19.4 Å². The Labute approximate surface area is 163 Å². The van der Waals surface area contributed by atoms with E-state index in [2.05, 4.69) is 17.2 Å². The molecule has 5 nitrogen and oxygen atoms in total. The van der Waals surface area contributed by atoms with Crippen LogP contribution >= 0.6 is 11.3 Å². The van der Waals surface area contributed by atoms with Gasteiger partial charge in [-0.05, 0) is 36.8 Å². The highest BCUT2D eigenvalue weighted by Gasteiger charge is 2.13. The number of carbonyl (C=O) groups excluding carboxylic acids is 1. The van der Waals surface area contributed by atoms with Crippen LogP contribution in [-0.2, 0) is 0 Å². The van der Waals surface area contributed by atoms with E-state index in [4.69, 9.17) is 9.47 Å². The maximum Gasteiger partial charge on any atom is 0.257 e. The number of amides is 1. The molecule has 1 heterocycles. The second kappa shape index (κ2) is 9.19. The van der Waals surface area contributed by atoms with Gasteiger partial charge in [0.15, 0.2) is 5.13 Å². The Morgan fingerprint density at radius 2 is 2.04 bits per heavy atom. The van der Waals surface area contributed by atoms with E-state index in [0.717, 1.165) is 29.8 Å². The summed E-state index contributed by atoms with van der Waals surface area (Å²) in [5, 5.41) is 5.29. The van der Waals surface area contributed by atoms with Crippen molar-refractivity contribution in [3.05, 3.63) is 59.5 Å². The minimum absolute atomic E-state index is 0.211. The van der Waals surface area contributed by atoms with Crippen LogP contribution in [0, 0.1) is 0 Å². The fourth-order valence-electron chi connectivity index (χ4n) is 2.54. The quantitative estimate of drug-likeness (QED) is 0.541. The number of unbranched alkanes of at least 4 members (excludes halogenated alkanes) is 1. The van der Waals surface area contributed by atoms with E-state index in [9.17, 15) is 4.79 Å². The summed E-state index contributed by atoms with van der Waals surface area (Å²) < 4.78 is 11.0.